The molecule has 1 aliphatic carbocycles. The van der Waals surface area contributed by atoms with E-state index < -0.39 is 0 Å². The summed E-state index contributed by atoms with van der Waals surface area (Å²) in [4.78, 5) is 0. The van der Waals surface area contributed by atoms with Crippen LogP contribution in [0.4, 0.5) is 0 Å². The Bertz CT molecular complexity index is 633. The van der Waals surface area contributed by atoms with Gasteiger partial charge in [0, 0.05) is 18.5 Å². The van der Waals surface area contributed by atoms with Crippen LogP contribution in [0.3, 0.4) is 0 Å². The van der Waals surface area contributed by atoms with Crippen molar-refractivity contribution in [2.24, 2.45) is 0 Å². The second kappa shape index (κ2) is 5.19. The summed E-state index contributed by atoms with van der Waals surface area (Å²) in [6, 6.07) is 15.8. The van der Waals surface area contributed by atoms with E-state index in [0.717, 1.165) is 12.3 Å². The minimum absolute atomic E-state index is 0.450. The van der Waals surface area contributed by atoms with Crippen molar-refractivity contribution in [1.29, 1.82) is 0 Å². The number of hydrogen-bond acceptors (Lipinski definition) is 2. The van der Waals surface area contributed by atoms with Crippen LogP contribution in [0.25, 0.3) is 0 Å². The highest BCUT2D eigenvalue weighted by atomic mass is 16.5. The molecule has 1 aliphatic heterocycles. The molecule has 0 saturated heterocycles. The molecule has 2 unspecified atom stereocenters. The third-order valence-corrected chi connectivity index (χ3v) is 4.97. The van der Waals surface area contributed by atoms with Crippen molar-refractivity contribution in [3.8, 4) is 5.75 Å². The van der Waals surface area contributed by atoms with Crippen molar-refractivity contribution >= 4 is 0 Å². The Morgan fingerprint density at radius 3 is 2.71 bits per heavy atom. The van der Waals surface area contributed by atoms with E-state index >= 15 is 0 Å². The maximum Gasteiger partial charge on any atom is 0.119 e. The van der Waals surface area contributed by atoms with Gasteiger partial charge in [0.25, 0.3) is 0 Å². The van der Waals surface area contributed by atoms with Gasteiger partial charge in [-0.1, -0.05) is 30.3 Å². The maximum absolute atomic E-state index is 5.47. The molecule has 0 saturated carbocycles. The Morgan fingerprint density at radius 1 is 1.10 bits per heavy atom. The standard InChI is InChI=1S/C19H21NO/c1-21-16-10-14-8-5-9-17-18(14)15(11-16)12-20-19(17)13-6-3-2-4-7-13/h2-4,6-7,10-11,17,19-20H,5,8-9,12H2,1H3. The van der Waals surface area contributed by atoms with Crippen LogP contribution in [0.15, 0.2) is 42.5 Å². The van der Waals surface area contributed by atoms with E-state index in [1.807, 2.05) is 0 Å². The Hall–Kier alpha value is -1.80. The van der Waals surface area contributed by atoms with Crippen molar-refractivity contribution < 1.29 is 4.74 Å². The molecule has 2 aromatic rings. The molecule has 1 heterocycles. The van der Waals surface area contributed by atoms with Crippen molar-refractivity contribution in [3.63, 3.8) is 0 Å². The third kappa shape index (κ3) is 2.14. The van der Waals surface area contributed by atoms with Crippen molar-refractivity contribution in [2.45, 2.75) is 37.8 Å². The number of methoxy groups -OCH3 is 1. The largest absolute Gasteiger partial charge is 0.497 e. The summed E-state index contributed by atoms with van der Waals surface area (Å²) in [5.74, 6) is 1.61. The van der Waals surface area contributed by atoms with Gasteiger partial charge in [-0.25, -0.2) is 0 Å². The van der Waals surface area contributed by atoms with E-state index in [4.69, 9.17) is 4.74 Å². The lowest BCUT2D eigenvalue weighted by molar-refractivity contribution is 0.366. The highest BCUT2D eigenvalue weighted by Crippen LogP contribution is 2.45. The number of benzene rings is 2. The summed E-state index contributed by atoms with van der Waals surface area (Å²) in [5, 5.41) is 3.75. The monoisotopic (exact) mass is 279 g/mol. The summed E-state index contributed by atoms with van der Waals surface area (Å²) in [5.41, 5.74) is 5.94. The SMILES string of the molecule is COc1cc2c3c(c1)CNC(c1ccccc1)C3CCC2. The minimum Gasteiger partial charge on any atom is -0.497 e. The predicted molar refractivity (Wildman–Crippen MR) is 84.7 cm³/mol. The topological polar surface area (TPSA) is 21.3 Å². The van der Waals surface area contributed by atoms with E-state index in [9.17, 15) is 0 Å². The van der Waals surface area contributed by atoms with Crippen LogP contribution in [-0.2, 0) is 13.0 Å². The minimum atomic E-state index is 0.450. The molecule has 1 N–H and O–H groups in total. The van der Waals surface area contributed by atoms with Crippen LogP contribution < -0.4 is 10.1 Å². The van der Waals surface area contributed by atoms with Gasteiger partial charge in [0.15, 0.2) is 0 Å². The van der Waals surface area contributed by atoms with Gasteiger partial charge in [0.1, 0.15) is 5.75 Å². The summed E-state index contributed by atoms with van der Waals surface area (Å²) in [7, 11) is 1.76. The third-order valence-electron chi connectivity index (χ3n) is 4.97. The molecular formula is C19H21NO. The highest BCUT2D eigenvalue weighted by molar-refractivity contribution is 5.48. The predicted octanol–water partition coefficient (Wildman–Crippen LogP) is 3.96. The van der Waals surface area contributed by atoms with Crippen LogP contribution >= 0.6 is 0 Å². The first-order chi connectivity index (χ1) is 10.4. The van der Waals surface area contributed by atoms with Gasteiger partial charge in [0.2, 0.25) is 0 Å². The molecule has 0 bridgehead atoms. The van der Waals surface area contributed by atoms with Gasteiger partial charge in [0.05, 0.1) is 7.11 Å². The van der Waals surface area contributed by atoms with Crippen LogP contribution in [0.1, 0.15) is 47.1 Å². The lowest BCUT2D eigenvalue weighted by atomic mass is 9.72. The van der Waals surface area contributed by atoms with E-state index in [1.54, 1.807) is 12.7 Å². The number of rotatable bonds is 2. The molecular weight excluding hydrogens is 258 g/mol. The van der Waals surface area contributed by atoms with Crippen LogP contribution in [0.2, 0.25) is 0 Å². The number of hydrogen-bond donors (Lipinski definition) is 1. The lowest BCUT2D eigenvalue weighted by Gasteiger charge is -2.39. The highest BCUT2D eigenvalue weighted by Gasteiger charge is 2.34. The molecule has 21 heavy (non-hydrogen) atoms. The van der Waals surface area contributed by atoms with Crippen molar-refractivity contribution in [3.05, 3.63) is 64.7 Å². The first-order valence-corrected chi connectivity index (χ1v) is 7.85. The van der Waals surface area contributed by atoms with Gasteiger partial charge in [-0.2, -0.15) is 0 Å². The molecule has 2 heteroatoms. The summed E-state index contributed by atoms with van der Waals surface area (Å²) < 4.78 is 5.47. The van der Waals surface area contributed by atoms with E-state index in [2.05, 4.69) is 47.8 Å². The van der Waals surface area contributed by atoms with Gasteiger partial charge >= 0.3 is 0 Å². The number of nitrogens with one attached hydrogen (secondary N) is 1. The molecule has 0 radical (unpaired) electrons. The zero-order chi connectivity index (χ0) is 14.2. The Kier molecular flexibility index (Phi) is 3.19. The summed E-state index contributed by atoms with van der Waals surface area (Å²) >= 11 is 0. The van der Waals surface area contributed by atoms with E-state index in [-0.39, 0.29) is 0 Å². The quantitative estimate of drug-likeness (QED) is 0.898. The van der Waals surface area contributed by atoms with Gasteiger partial charge in [-0.15, -0.1) is 0 Å². The average molecular weight is 279 g/mol. The van der Waals surface area contributed by atoms with Gasteiger partial charge in [-0.05, 0) is 53.6 Å². The van der Waals surface area contributed by atoms with E-state index in [1.165, 1.54) is 36.0 Å². The fraction of sp³-hybridized carbons (Fsp3) is 0.368. The molecule has 0 amide bonds. The van der Waals surface area contributed by atoms with Crippen molar-refractivity contribution in [2.75, 3.05) is 7.11 Å². The average Bonchev–Trinajstić information content (AvgIpc) is 2.56. The zero-order valence-corrected chi connectivity index (χ0v) is 12.4. The normalized spacial score (nSPS) is 23.5. The van der Waals surface area contributed by atoms with Gasteiger partial charge < -0.3 is 10.1 Å². The maximum atomic E-state index is 5.47. The first-order valence-electron chi connectivity index (χ1n) is 7.85. The molecule has 0 fully saturated rings. The second-order valence-electron chi connectivity index (χ2n) is 6.13. The summed E-state index contributed by atoms with van der Waals surface area (Å²) in [6.45, 7) is 0.940. The molecule has 2 aliphatic rings. The second-order valence-corrected chi connectivity index (χ2v) is 6.13. The number of aryl methyl sites for hydroxylation is 1. The molecule has 0 spiro atoms. The van der Waals surface area contributed by atoms with Crippen LogP contribution in [0.5, 0.6) is 5.75 Å². The smallest absolute Gasteiger partial charge is 0.119 e. The Labute approximate surface area is 126 Å². The van der Waals surface area contributed by atoms with E-state index in [0.29, 0.717) is 12.0 Å². The molecule has 0 aromatic heterocycles. The Balaban J connectivity index is 1.80. The molecule has 2 nitrogen and oxygen atoms in total. The number of ether oxygens (including phenoxy) is 1. The van der Waals surface area contributed by atoms with Gasteiger partial charge in [-0.3, -0.25) is 0 Å². The summed E-state index contributed by atoms with van der Waals surface area (Å²) in [6.07, 6.45) is 3.74. The molecule has 4 rings (SSSR count). The fourth-order valence-electron chi connectivity index (χ4n) is 4.06. The van der Waals surface area contributed by atoms with Crippen LogP contribution in [0, 0.1) is 0 Å². The molecule has 108 valence electrons. The lowest BCUT2D eigenvalue weighted by Crippen LogP contribution is -2.35. The zero-order valence-electron chi connectivity index (χ0n) is 12.4. The first kappa shape index (κ1) is 12.9. The fourth-order valence-corrected chi connectivity index (χ4v) is 4.06. The Morgan fingerprint density at radius 2 is 1.90 bits per heavy atom. The van der Waals surface area contributed by atoms with Crippen molar-refractivity contribution in [1.82, 2.24) is 5.32 Å². The van der Waals surface area contributed by atoms with Crippen LogP contribution in [-0.4, -0.2) is 7.11 Å². The molecule has 2 atom stereocenters. The molecule has 2 aromatic carbocycles.